The summed E-state index contributed by atoms with van der Waals surface area (Å²) in [4.78, 5) is 18.1. The molecule has 6 nitrogen and oxygen atoms in total. The second-order valence-electron chi connectivity index (χ2n) is 7.44. The van der Waals surface area contributed by atoms with Crippen LogP contribution < -0.4 is 5.32 Å². The standard InChI is InChI=1S/C23H25N3O3S/c1-2-30(28,29)19-13-9-12-18(16-19)24-23(27)21-20-14-7-4-8-15-26(20)22(25-21)17-10-5-3-6-11-17/h3,5-6,9-13,16H,2,4,7-8,14-15H2,1H3,(H,24,27). The number of aromatic nitrogens is 2. The van der Waals surface area contributed by atoms with Gasteiger partial charge >= 0.3 is 0 Å². The van der Waals surface area contributed by atoms with Crippen molar-refractivity contribution in [3.8, 4) is 11.4 Å². The van der Waals surface area contributed by atoms with Gasteiger partial charge < -0.3 is 9.88 Å². The maximum Gasteiger partial charge on any atom is 0.276 e. The van der Waals surface area contributed by atoms with Crippen molar-refractivity contribution in [3.05, 3.63) is 66.0 Å². The minimum Gasteiger partial charge on any atom is -0.327 e. The Morgan fingerprint density at radius 2 is 1.87 bits per heavy atom. The van der Waals surface area contributed by atoms with Crippen LogP contribution in [0.1, 0.15) is 42.4 Å². The van der Waals surface area contributed by atoms with Gasteiger partial charge in [0.25, 0.3) is 5.91 Å². The molecule has 0 spiro atoms. The fraction of sp³-hybridized carbons (Fsp3) is 0.304. The minimum absolute atomic E-state index is 0.0133. The van der Waals surface area contributed by atoms with Crippen molar-refractivity contribution < 1.29 is 13.2 Å². The molecule has 0 unspecified atom stereocenters. The van der Waals surface area contributed by atoms with Crippen molar-refractivity contribution in [2.24, 2.45) is 0 Å². The van der Waals surface area contributed by atoms with E-state index in [2.05, 4.69) is 9.88 Å². The van der Waals surface area contributed by atoms with Crippen LogP contribution in [-0.2, 0) is 22.8 Å². The first-order valence-electron chi connectivity index (χ1n) is 10.3. The third-order valence-electron chi connectivity index (χ3n) is 5.45. The zero-order valence-corrected chi connectivity index (χ0v) is 17.8. The zero-order chi connectivity index (χ0) is 21.1. The van der Waals surface area contributed by atoms with Crippen LogP contribution in [0.15, 0.2) is 59.5 Å². The molecule has 0 fully saturated rings. The lowest BCUT2D eigenvalue weighted by atomic mass is 10.1. The monoisotopic (exact) mass is 423 g/mol. The number of sulfone groups is 1. The highest BCUT2D eigenvalue weighted by molar-refractivity contribution is 7.91. The van der Waals surface area contributed by atoms with Crippen LogP contribution in [0.3, 0.4) is 0 Å². The molecule has 156 valence electrons. The van der Waals surface area contributed by atoms with Crippen LogP contribution in [-0.4, -0.2) is 29.6 Å². The molecule has 7 heteroatoms. The number of carbonyl (C=O) groups excluding carboxylic acids is 1. The van der Waals surface area contributed by atoms with Gasteiger partial charge in [-0.15, -0.1) is 0 Å². The molecule has 2 heterocycles. The quantitative estimate of drug-likeness (QED) is 0.663. The van der Waals surface area contributed by atoms with Gasteiger partial charge in [-0.2, -0.15) is 0 Å². The molecular formula is C23H25N3O3S. The maximum atomic E-state index is 13.1. The average Bonchev–Trinajstić information content (AvgIpc) is 2.95. The number of amides is 1. The van der Waals surface area contributed by atoms with Crippen LogP contribution in [0.25, 0.3) is 11.4 Å². The van der Waals surface area contributed by atoms with E-state index >= 15 is 0 Å². The lowest BCUT2D eigenvalue weighted by Crippen LogP contribution is -2.16. The summed E-state index contributed by atoms with van der Waals surface area (Å²) in [5.74, 6) is 0.508. The Hall–Kier alpha value is -2.93. The van der Waals surface area contributed by atoms with Crippen LogP contribution in [0.4, 0.5) is 5.69 Å². The van der Waals surface area contributed by atoms with E-state index < -0.39 is 9.84 Å². The molecule has 1 aliphatic heterocycles. The third kappa shape index (κ3) is 4.03. The SMILES string of the molecule is CCS(=O)(=O)c1cccc(NC(=O)c2nc(-c3ccccc3)n3c2CCCCC3)c1. The van der Waals surface area contributed by atoms with Gasteiger partial charge in [-0.1, -0.05) is 49.7 Å². The van der Waals surface area contributed by atoms with Crippen LogP contribution in [0.2, 0.25) is 0 Å². The number of benzene rings is 2. The first kappa shape index (κ1) is 20.3. The number of fused-ring (bicyclic) bond motifs is 1. The van der Waals surface area contributed by atoms with E-state index in [-0.39, 0.29) is 16.6 Å². The smallest absolute Gasteiger partial charge is 0.276 e. The van der Waals surface area contributed by atoms with Crippen molar-refractivity contribution in [3.63, 3.8) is 0 Å². The fourth-order valence-corrected chi connectivity index (χ4v) is 4.76. The molecule has 1 amide bonds. The van der Waals surface area contributed by atoms with Crippen LogP contribution in [0, 0.1) is 0 Å². The second kappa shape index (κ2) is 8.44. The number of nitrogens with one attached hydrogen (secondary N) is 1. The third-order valence-corrected chi connectivity index (χ3v) is 7.18. The predicted molar refractivity (Wildman–Crippen MR) is 117 cm³/mol. The molecule has 3 aromatic rings. The minimum atomic E-state index is -3.34. The van der Waals surface area contributed by atoms with Gasteiger partial charge in [0.15, 0.2) is 9.84 Å². The fourth-order valence-electron chi connectivity index (χ4n) is 3.83. The summed E-state index contributed by atoms with van der Waals surface area (Å²) < 4.78 is 26.5. The van der Waals surface area contributed by atoms with Gasteiger partial charge in [-0.3, -0.25) is 4.79 Å². The zero-order valence-electron chi connectivity index (χ0n) is 17.0. The van der Waals surface area contributed by atoms with E-state index in [0.29, 0.717) is 11.4 Å². The summed E-state index contributed by atoms with van der Waals surface area (Å²) in [6.45, 7) is 2.44. The van der Waals surface area contributed by atoms with E-state index in [1.165, 1.54) is 6.07 Å². The lowest BCUT2D eigenvalue weighted by molar-refractivity contribution is 0.102. The first-order valence-corrected chi connectivity index (χ1v) is 11.9. The summed E-state index contributed by atoms with van der Waals surface area (Å²) in [6.07, 6.45) is 3.99. The molecule has 1 aliphatic rings. The Morgan fingerprint density at radius 1 is 1.07 bits per heavy atom. The predicted octanol–water partition coefficient (Wildman–Crippen LogP) is 4.32. The summed E-state index contributed by atoms with van der Waals surface area (Å²) >= 11 is 0. The van der Waals surface area contributed by atoms with E-state index in [9.17, 15) is 13.2 Å². The molecule has 1 N–H and O–H groups in total. The summed E-state index contributed by atoms with van der Waals surface area (Å²) in [5, 5.41) is 2.85. The summed E-state index contributed by atoms with van der Waals surface area (Å²) in [7, 11) is -3.34. The highest BCUT2D eigenvalue weighted by Gasteiger charge is 2.24. The van der Waals surface area contributed by atoms with Gasteiger partial charge in [0.05, 0.1) is 16.3 Å². The topological polar surface area (TPSA) is 81.1 Å². The molecular weight excluding hydrogens is 398 g/mol. The number of hydrogen-bond donors (Lipinski definition) is 1. The van der Waals surface area contributed by atoms with Crippen LogP contribution in [0.5, 0.6) is 0 Å². The number of anilines is 1. The molecule has 2 aromatic carbocycles. The van der Waals surface area contributed by atoms with Crippen LogP contribution >= 0.6 is 0 Å². The molecule has 0 atom stereocenters. The second-order valence-corrected chi connectivity index (χ2v) is 9.72. The van der Waals surface area contributed by atoms with Gasteiger partial charge in [0.2, 0.25) is 0 Å². The molecule has 30 heavy (non-hydrogen) atoms. The summed E-state index contributed by atoms with van der Waals surface area (Å²) in [5.41, 5.74) is 2.79. The lowest BCUT2D eigenvalue weighted by Gasteiger charge is -2.09. The van der Waals surface area contributed by atoms with Crippen molar-refractivity contribution in [2.75, 3.05) is 11.1 Å². The van der Waals surface area contributed by atoms with E-state index in [1.54, 1.807) is 25.1 Å². The number of hydrogen-bond acceptors (Lipinski definition) is 4. The maximum absolute atomic E-state index is 13.1. The normalized spacial score (nSPS) is 14.0. The van der Waals surface area contributed by atoms with E-state index in [4.69, 9.17) is 4.98 Å². The van der Waals surface area contributed by atoms with E-state index in [0.717, 1.165) is 49.3 Å². The van der Waals surface area contributed by atoms with Crippen molar-refractivity contribution >= 4 is 21.4 Å². The molecule has 4 rings (SSSR count). The number of carbonyl (C=O) groups is 1. The molecule has 1 aromatic heterocycles. The van der Waals surface area contributed by atoms with Crippen molar-refractivity contribution in [1.82, 2.24) is 9.55 Å². The highest BCUT2D eigenvalue weighted by atomic mass is 32.2. The molecule has 0 aliphatic carbocycles. The highest BCUT2D eigenvalue weighted by Crippen LogP contribution is 2.28. The average molecular weight is 424 g/mol. The van der Waals surface area contributed by atoms with Gasteiger partial charge in [0.1, 0.15) is 11.5 Å². The Morgan fingerprint density at radius 3 is 2.63 bits per heavy atom. The van der Waals surface area contributed by atoms with E-state index in [1.807, 2.05) is 30.3 Å². The first-order chi connectivity index (χ1) is 14.5. The molecule has 0 saturated heterocycles. The number of imidazole rings is 1. The molecule has 0 bridgehead atoms. The number of rotatable bonds is 5. The summed E-state index contributed by atoms with van der Waals surface area (Å²) in [6, 6.07) is 16.3. The van der Waals surface area contributed by atoms with Gasteiger partial charge in [0, 0.05) is 17.8 Å². The van der Waals surface area contributed by atoms with Gasteiger partial charge in [-0.25, -0.2) is 13.4 Å². The Labute approximate surface area is 176 Å². The van der Waals surface area contributed by atoms with Crippen molar-refractivity contribution in [2.45, 2.75) is 44.0 Å². The largest absolute Gasteiger partial charge is 0.327 e. The van der Waals surface area contributed by atoms with Crippen molar-refractivity contribution in [1.29, 1.82) is 0 Å². The Bertz CT molecular complexity index is 1170. The number of nitrogens with zero attached hydrogens (tertiary/aromatic N) is 2. The van der Waals surface area contributed by atoms with Gasteiger partial charge in [-0.05, 0) is 37.5 Å². The molecule has 0 saturated carbocycles. The molecule has 0 radical (unpaired) electrons. The Balaban J connectivity index is 1.70. The Kier molecular flexibility index (Phi) is 5.72.